The van der Waals surface area contributed by atoms with Crippen LogP contribution in [0.15, 0.2) is 35.3 Å². The number of hydrogen-bond donors (Lipinski definition) is 2. The highest BCUT2D eigenvalue weighted by Crippen LogP contribution is 2.34. The second-order valence-corrected chi connectivity index (χ2v) is 7.84. The van der Waals surface area contributed by atoms with Gasteiger partial charge in [-0.1, -0.05) is 43.7 Å². The first-order chi connectivity index (χ1) is 12.4. The minimum atomic E-state index is -0.632. The van der Waals surface area contributed by atoms with Crippen LogP contribution in [0, 0.1) is 11.3 Å². The minimum absolute atomic E-state index is 0.314. The summed E-state index contributed by atoms with van der Waals surface area (Å²) >= 11 is 0. The third-order valence-corrected chi connectivity index (χ3v) is 5.41. The Bertz CT molecular complexity index is 612. The molecule has 0 radical (unpaired) electrons. The number of nitrogens with one attached hydrogen (secondary N) is 1. The van der Waals surface area contributed by atoms with Crippen molar-refractivity contribution in [3.8, 4) is 0 Å². The zero-order chi connectivity index (χ0) is 19.2. The van der Waals surface area contributed by atoms with Gasteiger partial charge in [-0.05, 0) is 44.6 Å². The van der Waals surface area contributed by atoms with Crippen LogP contribution in [0.2, 0.25) is 0 Å². The molecule has 1 aromatic rings. The number of piperidine rings is 1. The monoisotopic (exact) mass is 358 g/mol. The van der Waals surface area contributed by atoms with Crippen molar-refractivity contribution in [2.75, 3.05) is 26.2 Å². The van der Waals surface area contributed by atoms with E-state index < -0.39 is 5.41 Å². The van der Waals surface area contributed by atoms with Crippen LogP contribution in [0.5, 0.6) is 0 Å². The third-order valence-electron chi connectivity index (χ3n) is 5.41. The number of guanidine groups is 1. The Morgan fingerprint density at radius 3 is 2.58 bits per heavy atom. The number of carbonyl (C=O) groups excluding carboxylic acids is 1. The quantitative estimate of drug-likeness (QED) is 0.607. The van der Waals surface area contributed by atoms with E-state index in [0.29, 0.717) is 18.4 Å². The van der Waals surface area contributed by atoms with Gasteiger partial charge in [-0.25, -0.2) is 0 Å². The number of nitrogens with two attached hydrogens (primary N) is 1. The van der Waals surface area contributed by atoms with Crippen molar-refractivity contribution in [1.29, 1.82) is 0 Å². The number of hydrogen-bond acceptors (Lipinski definition) is 2. The normalized spacial score (nSPS) is 21.5. The predicted octanol–water partition coefficient (Wildman–Crippen LogP) is 2.98. The van der Waals surface area contributed by atoms with Crippen LogP contribution in [-0.2, 0) is 4.79 Å². The molecular formula is C21H34N4O. The first kappa shape index (κ1) is 20.3. The maximum Gasteiger partial charge on any atom is 0.224 e. The minimum Gasteiger partial charge on any atom is -0.369 e. The lowest BCUT2D eigenvalue weighted by molar-refractivity contribution is -0.125. The summed E-state index contributed by atoms with van der Waals surface area (Å²) < 4.78 is 0. The van der Waals surface area contributed by atoms with Crippen molar-refractivity contribution < 1.29 is 4.79 Å². The summed E-state index contributed by atoms with van der Waals surface area (Å²) in [5.74, 6) is 1.78. The van der Waals surface area contributed by atoms with Crippen LogP contribution in [0.3, 0.4) is 0 Å². The lowest BCUT2D eigenvalue weighted by Gasteiger charge is -2.40. The van der Waals surface area contributed by atoms with E-state index in [1.165, 1.54) is 5.56 Å². The average molecular weight is 359 g/mol. The number of aliphatic imine (C=N–C) groups is 1. The van der Waals surface area contributed by atoms with Crippen LogP contribution < -0.4 is 11.1 Å². The van der Waals surface area contributed by atoms with Crippen LogP contribution >= 0.6 is 0 Å². The summed E-state index contributed by atoms with van der Waals surface area (Å²) in [7, 11) is 0. The molecule has 2 unspecified atom stereocenters. The van der Waals surface area contributed by atoms with Crippen molar-refractivity contribution in [2.24, 2.45) is 22.1 Å². The maximum absolute atomic E-state index is 11.6. The number of carbonyl (C=O) groups is 1. The molecular weight excluding hydrogens is 324 g/mol. The molecule has 26 heavy (non-hydrogen) atoms. The molecule has 0 saturated carbocycles. The Balaban J connectivity index is 2.12. The van der Waals surface area contributed by atoms with E-state index >= 15 is 0 Å². The van der Waals surface area contributed by atoms with Gasteiger partial charge < -0.3 is 16.0 Å². The highest BCUT2D eigenvalue weighted by molar-refractivity contribution is 5.82. The van der Waals surface area contributed by atoms with Gasteiger partial charge in [-0.2, -0.15) is 0 Å². The second-order valence-electron chi connectivity index (χ2n) is 7.84. The number of rotatable bonds is 6. The summed E-state index contributed by atoms with van der Waals surface area (Å²) in [6, 6.07) is 10.8. The molecule has 0 aromatic heterocycles. The Kier molecular flexibility index (Phi) is 7.06. The first-order valence-electron chi connectivity index (χ1n) is 9.77. The van der Waals surface area contributed by atoms with Gasteiger partial charge in [0, 0.05) is 19.6 Å². The van der Waals surface area contributed by atoms with E-state index in [1.807, 2.05) is 13.8 Å². The molecule has 3 N–H and O–H groups in total. The van der Waals surface area contributed by atoms with Crippen LogP contribution in [0.25, 0.3) is 0 Å². The van der Waals surface area contributed by atoms with E-state index in [1.54, 1.807) is 0 Å². The van der Waals surface area contributed by atoms with Crippen molar-refractivity contribution in [3.05, 3.63) is 35.9 Å². The molecule has 1 saturated heterocycles. The van der Waals surface area contributed by atoms with Gasteiger partial charge in [0.1, 0.15) is 0 Å². The van der Waals surface area contributed by atoms with Gasteiger partial charge in [-0.3, -0.25) is 9.79 Å². The first-order valence-corrected chi connectivity index (χ1v) is 9.77. The molecule has 1 fully saturated rings. The molecule has 2 atom stereocenters. The van der Waals surface area contributed by atoms with Crippen molar-refractivity contribution in [1.82, 2.24) is 10.2 Å². The van der Waals surface area contributed by atoms with Gasteiger partial charge in [0.2, 0.25) is 5.91 Å². The number of amides is 1. The molecule has 1 amide bonds. The van der Waals surface area contributed by atoms with Gasteiger partial charge in [0.15, 0.2) is 5.96 Å². The Hall–Kier alpha value is -2.04. The Morgan fingerprint density at radius 2 is 2.00 bits per heavy atom. The number of nitrogens with zero attached hydrogens (tertiary/aromatic N) is 2. The Morgan fingerprint density at radius 1 is 1.31 bits per heavy atom. The molecule has 5 nitrogen and oxygen atoms in total. The van der Waals surface area contributed by atoms with Gasteiger partial charge in [-0.15, -0.1) is 0 Å². The number of primary amides is 1. The molecule has 144 valence electrons. The fourth-order valence-corrected chi connectivity index (χ4v) is 3.55. The highest BCUT2D eigenvalue weighted by atomic mass is 16.1. The topological polar surface area (TPSA) is 70.7 Å². The molecule has 1 aliphatic heterocycles. The fourth-order valence-electron chi connectivity index (χ4n) is 3.55. The fraction of sp³-hybridized carbons (Fsp3) is 0.619. The van der Waals surface area contributed by atoms with Gasteiger partial charge in [0.05, 0.1) is 12.0 Å². The van der Waals surface area contributed by atoms with E-state index in [9.17, 15) is 4.79 Å². The summed E-state index contributed by atoms with van der Waals surface area (Å²) in [6.07, 6.45) is 2.26. The lowest BCUT2D eigenvalue weighted by atomic mass is 9.79. The molecule has 1 heterocycles. The summed E-state index contributed by atoms with van der Waals surface area (Å²) in [4.78, 5) is 18.7. The number of likely N-dealkylation sites (tertiary alicyclic amines) is 1. The molecule has 0 aliphatic carbocycles. The van der Waals surface area contributed by atoms with Crippen LogP contribution in [0.1, 0.15) is 52.0 Å². The zero-order valence-corrected chi connectivity index (χ0v) is 16.7. The summed E-state index contributed by atoms with van der Waals surface area (Å²) in [6.45, 7) is 11.2. The Labute approximate surface area is 158 Å². The average Bonchev–Trinajstić information content (AvgIpc) is 2.65. The highest BCUT2D eigenvalue weighted by Gasteiger charge is 2.31. The van der Waals surface area contributed by atoms with Crippen molar-refractivity contribution in [2.45, 2.75) is 46.5 Å². The van der Waals surface area contributed by atoms with E-state index in [2.05, 4.69) is 54.4 Å². The number of benzene rings is 1. The van der Waals surface area contributed by atoms with Crippen LogP contribution in [0.4, 0.5) is 0 Å². The lowest BCUT2D eigenvalue weighted by Crippen LogP contribution is -2.49. The largest absolute Gasteiger partial charge is 0.369 e. The third kappa shape index (κ3) is 4.99. The van der Waals surface area contributed by atoms with E-state index in [4.69, 9.17) is 10.7 Å². The van der Waals surface area contributed by atoms with Crippen molar-refractivity contribution >= 4 is 11.9 Å². The second kappa shape index (κ2) is 9.06. The molecule has 2 rings (SSSR count). The molecule has 0 spiro atoms. The zero-order valence-electron chi connectivity index (χ0n) is 16.7. The van der Waals surface area contributed by atoms with Gasteiger partial charge in [0.25, 0.3) is 0 Å². The maximum atomic E-state index is 11.6. The summed E-state index contributed by atoms with van der Waals surface area (Å²) in [5, 5.41) is 3.39. The van der Waals surface area contributed by atoms with E-state index in [0.717, 1.165) is 38.4 Å². The predicted molar refractivity (Wildman–Crippen MR) is 108 cm³/mol. The molecule has 5 heteroatoms. The standard InChI is InChI=1S/C21H34N4O/c1-5-16-14-25(13-12-18(16)17-10-8-7-9-11-17)20(23-6-2)24-15-21(3,4)19(22)26/h7-11,16,18H,5-6,12-15H2,1-4H3,(H2,22,26)(H,23,24). The molecule has 0 bridgehead atoms. The van der Waals surface area contributed by atoms with Gasteiger partial charge >= 0.3 is 0 Å². The van der Waals surface area contributed by atoms with Crippen molar-refractivity contribution in [3.63, 3.8) is 0 Å². The molecule has 1 aromatic carbocycles. The molecule has 1 aliphatic rings. The summed E-state index contributed by atoms with van der Waals surface area (Å²) in [5.41, 5.74) is 6.30. The smallest absolute Gasteiger partial charge is 0.224 e. The van der Waals surface area contributed by atoms with E-state index in [-0.39, 0.29) is 5.91 Å². The van der Waals surface area contributed by atoms with Crippen LogP contribution in [-0.4, -0.2) is 42.9 Å². The SMILES string of the molecule is CCNC(=NCC(C)(C)C(N)=O)N1CCC(c2ccccc2)C(CC)C1.